The van der Waals surface area contributed by atoms with Crippen molar-refractivity contribution in [2.45, 2.75) is 31.2 Å². The van der Waals surface area contributed by atoms with Crippen molar-refractivity contribution in [3.8, 4) is 16.9 Å². The van der Waals surface area contributed by atoms with E-state index in [-0.39, 0.29) is 34.5 Å². The van der Waals surface area contributed by atoms with Gasteiger partial charge in [-0.3, -0.25) is 19.1 Å². The summed E-state index contributed by atoms with van der Waals surface area (Å²) in [7, 11) is 0. The van der Waals surface area contributed by atoms with Crippen LogP contribution in [0.4, 0.5) is 0 Å². The van der Waals surface area contributed by atoms with Crippen LogP contribution in [0.1, 0.15) is 42.5 Å². The van der Waals surface area contributed by atoms with E-state index in [0.717, 1.165) is 24.1 Å². The molecule has 11 heteroatoms. The summed E-state index contributed by atoms with van der Waals surface area (Å²) in [6.45, 7) is 0.591. The van der Waals surface area contributed by atoms with Crippen molar-refractivity contribution in [1.29, 1.82) is 0 Å². The predicted molar refractivity (Wildman–Crippen MR) is 143 cm³/mol. The van der Waals surface area contributed by atoms with Crippen LogP contribution in [-0.4, -0.2) is 42.0 Å². The van der Waals surface area contributed by atoms with Crippen LogP contribution in [0.15, 0.2) is 72.1 Å². The number of nitrogens with zero attached hydrogens (tertiary/aromatic N) is 6. The molecule has 1 aromatic carbocycles. The van der Waals surface area contributed by atoms with E-state index in [2.05, 4.69) is 25.6 Å². The van der Waals surface area contributed by atoms with Gasteiger partial charge in [0.1, 0.15) is 0 Å². The number of nitrogens with one attached hydrogen (secondary N) is 1. The summed E-state index contributed by atoms with van der Waals surface area (Å²) >= 11 is 12.3. The van der Waals surface area contributed by atoms with Crippen molar-refractivity contribution in [2.75, 3.05) is 6.54 Å². The molecule has 1 amide bonds. The summed E-state index contributed by atoms with van der Waals surface area (Å²) in [6, 6.07) is 10.3. The minimum atomic E-state index is -0.352. The number of aromatic nitrogens is 6. The van der Waals surface area contributed by atoms with Gasteiger partial charge in [0.25, 0.3) is 5.56 Å². The number of rotatable bonds is 3. The van der Waals surface area contributed by atoms with Gasteiger partial charge in [0.05, 0.1) is 35.6 Å². The number of fused-ring (bicyclic) bond motifs is 4. The molecule has 1 saturated carbocycles. The Balaban J connectivity index is 1.39. The monoisotopic (exact) mass is 547 g/mol. The zero-order chi connectivity index (χ0) is 26.2. The van der Waals surface area contributed by atoms with Gasteiger partial charge < -0.3 is 5.32 Å². The quantitative estimate of drug-likeness (QED) is 0.382. The average molecular weight is 548 g/mol. The first-order chi connectivity index (χ1) is 18.5. The van der Waals surface area contributed by atoms with Crippen LogP contribution in [0, 0.1) is 5.92 Å². The molecule has 1 aliphatic carbocycles. The Morgan fingerprint density at radius 1 is 1.00 bits per heavy atom. The summed E-state index contributed by atoms with van der Waals surface area (Å²) in [5.41, 5.74) is 3.30. The molecule has 4 heterocycles. The highest BCUT2D eigenvalue weighted by Gasteiger charge is 2.44. The molecule has 4 aromatic rings. The van der Waals surface area contributed by atoms with Crippen LogP contribution in [-0.2, 0) is 4.79 Å². The van der Waals surface area contributed by atoms with Crippen molar-refractivity contribution < 1.29 is 4.79 Å². The first-order valence-electron chi connectivity index (χ1n) is 12.3. The topological polar surface area (TPSA) is 108 Å². The third-order valence-electron chi connectivity index (χ3n) is 6.96. The number of hydrogen-bond acceptors (Lipinski definition) is 6. The Hall–Kier alpha value is -3.82. The molecule has 9 nitrogen and oxygen atoms in total. The summed E-state index contributed by atoms with van der Waals surface area (Å²) in [5.74, 6) is 0.265. The molecular formula is C27H23Cl2N7O2. The second-order valence-corrected chi connectivity index (χ2v) is 10.3. The average Bonchev–Trinajstić information content (AvgIpc) is 3.61. The summed E-state index contributed by atoms with van der Waals surface area (Å²) in [4.78, 5) is 35.2. The zero-order valence-corrected chi connectivity index (χ0v) is 21.7. The Bertz CT molecular complexity index is 1610. The molecule has 6 rings (SSSR count). The normalized spacial score (nSPS) is 21.8. The Labute approximate surface area is 228 Å². The highest BCUT2D eigenvalue weighted by molar-refractivity contribution is 6.31. The maximum atomic E-state index is 13.5. The van der Waals surface area contributed by atoms with Gasteiger partial charge in [0, 0.05) is 35.3 Å². The second-order valence-electron chi connectivity index (χ2n) is 9.43. The van der Waals surface area contributed by atoms with Crippen LogP contribution in [0.2, 0.25) is 10.2 Å². The van der Waals surface area contributed by atoms with Gasteiger partial charge in [0.15, 0.2) is 5.15 Å². The van der Waals surface area contributed by atoms with Crippen LogP contribution in [0.25, 0.3) is 16.9 Å². The minimum Gasteiger partial charge on any atom is -0.356 e. The second kappa shape index (κ2) is 10.2. The highest BCUT2D eigenvalue weighted by atomic mass is 35.5. The molecule has 0 radical (unpaired) electrons. The van der Waals surface area contributed by atoms with E-state index in [1.54, 1.807) is 41.5 Å². The Morgan fingerprint density at radius 3 is 2.71 bits per heavy atom. The molecule has 192 valence electrons. The van der Waals surface area contributed by atoms with E-state index in [1.165, 1.54) is 10.7 Å². The van der Waals surface area contributed by atoms with Crippen molar-refractivity contribution in [2.24, 2.45) is 5.92 Å². The van der Waals surface area contributed by atoms with Gasteiger partial charge in [-0.05, 0) is 61.1 Å². The molecule has 2 bridgehead atoms. The van der Waals surface area contributed by atoms with Gasteiger partial charge >= 0.3 is 0 Å². The zero-order valence-electron chi connectivity index (χ0n) is 20.2. The number of amides is 1. The Morgan fingerprint density at radius 2 is 1.89 bits per heavy atom. The van der Waals surface area contributed by atoms with Crippen LogP contribution in [0.3, 0.4) is 0 Å². The van der Waals surface area contributed by atoms with Crippen molar-refractivity contribution in [3.63, 3.8) is 0 Å². The number of benzene rings is 1. The van der Waals surface area contributed by atoms with E-state index in [4.69, 9.17) is 23.2 Å². The lowest BCUT2D eigenvalue weighted by Gasteiger charge is -2.19. The van der Waals surface area contributed by atoms with E-state index in [0.29, 0.717) is 34.9 Å². The molecule has 3 aromatic heterocycles. The number of carbonyl (C=O) groups is 1. The lowest BCUT2D eigenvalue weighted by molar-refractivity contribution is -0.122. The molecule has 0 saturated heterocycles. The molecule has 3 atom stereocenters. The third-order valence-corrected chi connectivity index (χ3v) is 7.36. The lowest BCUT2D eigenvalue weighted by atomic mass is 10.0. The predicted octanol–water partition coefficient (Wildman–Crippen LogP) is 4.35. The fraction of sp³-hybridized carbons (Fsp3) is 0.259. The fourth-order valence-corrected chi connectivity index (χ4v) is 5.23. The number of carbonyl (C=O) groups excluding carboxylic acids is 1. The number of allylic oxidation sites excluding steroid dienone is 1. The van der Waals surface area contributed by atoms with Gasteiger partial charge in [-0.2, -0.15) is 0 Å². The largest absolute Gasteiger partial charge is 0.356 e. The molecule has 0 spiro atoms. The van der Waals surface area contributed by atoms with E-state index in [9.17, 15) is 9.59 Å². The summed E-state index contributed by atoms with van der Waals surface area (Å²) in [6.07, 6.45) is 11.0. The first-order valence-corrected chi connectivity index (χ1v) is 13.1. The summed E-state index contributed by atoms with van der Waals surface area (Å²) < 4.78 is 3.12. The maximum absolute atomic E-state index is 13.5. The number of pyridine rings is 1. The molecule has 1 aliphatic heterocycles. The number of halogens is 2. The molecular weight excluding hydrogens is 525 g/mol. The fourth-order valence-electron chi connectivity index (χ4n) is 4.93. The van der Waals surface area contributed by atoms with E-state index in [1.807, 2.05) is 24.3 Å². The van der Waals surface area contributed by atoms with E-state index < -0.39 is 0 Å². The van der Waals surface area contributed by atoms with Gasteiger partial charge in [-0.15, -0.1) is 5.10 Å². The third kappa shape index (κ3) is 4.87. The first kappa shape index (κ1) is 24.5. The highest BCUT2D eigenvalue weighted by Crippen LogP contribution is 2.48. The lowest BCUT2D eigenvalue weighted by Crippen LogP contribution is -2.26. The maximum Gasteiger partial charge on any atom is 0.254 e. The van der Waals surface area contributed by atoms with Gasteiger partial charge in [-0.1, -0.05) is 40.6 Å². The smallest absolute Gasteiger partial charge is 0.254 e. The van der Waals surface area contributed by atoms with Crippen molar-refractivity contribution >= 4 is 29.1 Å². The van der Waals surface area contributed by atoms with Crippen LogP contribution < -0.4 is 10.9 Å². The SMILES string of the molecule is O=C1NCC/C=C/C[C@H](n2cnc(-c3cc(Cl)ccc3-n3cc(Cl)nn3)cc2=O)c2cc(ccn2)[C@H]2C[C@@H]12. The van der Waals surface area contributed by atoms with E-state index >= 15 is 0 Å². The molecule has 38 heavy (non-hydrogen) atoms. The number of hydrogen-bond donors (Lipinski definition) is 1. The molecule has 1 fully saturated rings. The minimum absolute atomic E-state index is 0.0103. The molecule has 2 aliphatic rings. The van der Waals surface area contributed by atoms with Crippen LogP contribution in [0.5, 0.6) is 0 Å². The summed E-state index contributed by atoms with van der Waals surface area (Å²) in [5, 5.41) is 11.6. The standard InChI is InChI=1S/C27H23Cl2N7O2/c28-17-5-6-23(36-14-25(29)33-34-36)20(11-17)21-13-26(37)35(15-32-21)24-4-2-1-3-8-31-27(38)19-12-18(19)16-7-9-30-22(24)10-16/h1-2,5-7,9-11,13-15,18-19,24H,3-4,8,12H2,(H,31,38)/b2-1+/t18-,19-,24+/m1/s1. The van der Waals surface area contributed by atoms with Gasteiger partial charge in [-0.25, -0.2) is 9.67 Å². The van der Waals surface area contributed by atoms with Gasteiger partial charge in [0.2, 0.25) is 5.91 Å². The van der Waals surface area contributed by atoms with Crippen molar-refractivity contribution in [3.05, 3.63) is 99.1 Å². The van der Waals surface area contributed by atoms with Crippen molar-refractivity contribution in [1.82, 2.24) is 34.8 Å². The molecule has 0 unspecified atom stereocenters. The van der Waals surface area contributed by atoms with Crippen LogP contribution >= 0.6 is 23.2 Å². The molecule has 1 N–H and O–H groups in total. The Kier molecular flexibility index (Phi) is 6.55.